The largest absolute Gasteiger partial charge is 0.393 e. The van der Waals surface area contributed by atoms with E-state index >= 15 is 0 Å². The van der Waals surface area contributed by atoms with Gasteiger partial charge in [-0.15, -0.1) is 0 Å². The number of ether oxygens (including phenoxy) is 1. The molecule has 0 amide bonds. The molecule has 3 heteroatoms. The van der Waals surface area contributed by atoms with Crippen molar-refractivity contribution in [2.75, 3.05) is 19.7 Å². The quantitative estimate of drug-likeness (QED) is 0.841. The van der Waals surface area contributed by atoms with Crippen LogP contribution in [0.2, 0.25) is 0 Å². The Morgan fingerprint density at radius 2 is 2.05 bits per heavy atom. The summed E-state index contributed by atoms with van der Waals surface area (Å²) in [5, 5.41) is 10.4. The minimum atomic E-state index is -0.0845. The number of hydrogen-bond acceptors (Lipinski definition) is 3. The summed E-state index contributed by atoms with van der Waals surface area (Å²) in [6, 6.07) is 0.546. The second kappa shape index (κ2) is 7.77. The molecule has 1 heterocycles. The molecule has 0 aromatic rings. The molecule has 0 bridgehead atoms. The van der Waals surface area contributed by atoms with Crippen LogP contribution in [0.5, 0.6) is 0 Å². The molecule has 0 aromatic heterocycles. The Labute approximate surface area is 124 Å². The van der Waals surface area contributed by atoms with Gasteiger partial charge in [0.05, 0.1) is 18.8 Å². The highest BCUT2D eigenvalue weighted by Gasteiger charge is 2.33. The van der Waals surface area contributed by atoms with Gasteiger partial charge >= 0.3 is 0 Å². The zero-order valence-electron chi connectivity index (χ0n) is 13.6. The number of hydrogen-bond donors (Lipinski definition) is 1. The lowest BCUT2D eigenvalue weighted by Crippen LogP contribution is -2.51. The molecule has 1 saturated carbocycles. The van der Waals surface area contributed by atoms with E-state index in [1.54, 1.807) is 0 Å². The minimum absolute atomic E-state index is 0.0845. The lowest BCUT2D eigenvalue weighted by atomic mass is 9.77. The number of morpholine rings is 1. The molecule has 5 unspecified atom stereocenters. The van der Waals surface area contributed by atoms with Crippen molar-refractivity contribution < 1.29 is 9.84 Å². The molecule has 1 aliphatic carbocycles. The van der Waals surface area contributed by atoms with Gasteiger partial charge in [-0.2, -0.15) is 0 Å². The van der Waals surface area contributed by atoms with Gasteiger partial charge in [-0.25, -0.2) is 0 Å². The van der Waals surface area contributed by atoms with Gasteiger partial charge in [-0.3, -0.25) is 4.90 Å². The first-order valence-corrected chi connectivity index (χ1v) is 8.67. The number of nitrogens with zero attached hydrogens (tertiary/aromatic N) is 1. The van der Waals surface area contributed by atoms with Crippen molar-refractivity contribution in [1.82, 2.24) is 4.90 Å². The smallest absolute Gasteiger partial charge is 0.0674 e. The molecule has 1 aliphatic heterocycles. The van der Waals surface area contributed by atoms with Crippen molar-refractivity contribution in [1.29, 1.82) is 0 Å². The minimum Gasteiger partial charge on any atom is -0.393 e. The van der Waals surface area contributed by atoms with Gasteiger partial charge in [-0.1, -0.05) is 26.7 Å². The summed E-state index contributed by atoms with van der Waals surface area (Å²) < 4.78 is 5.78. The Morgan fingerprint density at radius 1 is 1.25 bits per heavy atom. The Kier molecular flexibility index (Phi) is 6.31. The Hall–Kier alpha value is -0.120. The molecule has 2 fully saturated rings. The molecular weight excluding hydrogens is 250 g/mol. The second-order valence-electron chi connectivity index (χ2n) is 6.96. The van der Waals surface area contributed by atoms with E-state index in [4.69, 9.17) is 4.74 Å². The van der Waals surface area contributed by atoms with Crippen LogP contribution in [0.4, 0.5) is 0 Å². The van der Waals surface area contributed by atoms with Crippen LogP contribution in [0.25, 0.3) is 0 Å². The average Bonchev–Trinajstić information content (AvgIpc) is 2.43. The third-order valence-corrected chi connectivity index (χ3v) is 5.27. The third-order valence-electron chi connectivity index (χ3n) is 5.27. The van der Waals surface area contributed by atoms with Gasteiger partial charge in [0, 0.05) is 19.1 Å². The van der Waals surface area contributed by atoms with Crippen LogP contribution < -0.4 is 0 Å². The lowest BCUT2D eigenvalue weighted by molar-refractivity contribution is -0.0735. The van der Waals surface area contributed by atoms with E-state index in [1.165, 1.54) is 25.7 Å². The number of rotatable bonds is 5. The highest BCUT2D eigenvalue weighted by molar-refractivity contribution is 4.86. The van der Waals surface area contributed by atoms with Gasteiger partial charge in [0.2, 0.25) is 0 Å². The molecule has 2 rings (SSSR count). The molecular formula is C17H33NO2. The Bertz CT molecular complexity index is 284. The van der Waals surface area contributed by atoms with Crippen molar-refractivity contribution >= 4 is 0 Å². The van der Waals surface area contributed by atoms with Gasteiger partial charge in [0.15, 0.2) is 0 Å². The van der Waals surface area contributed by atoms with Crippen LogP contribution >= 0.6 is 0 Å². The molecule has 0 radical (unpaired) electrons. The molecule has 0 aromatic carbocycles. The Morgan fingerprint density at radius 3 is 2.75 bits per heavy atom. The topological polar surface area (TPSA) is 32.7 Å². The first-order valence-electron chi connectivity index (χ1n) is 8.67. The van der Waals surface area contributed by atoms with Crippen LogP contribution in [-0.4, -0.2) is 48.0 Å². The fraction of sp³-hybridized carbons (Fsp3) is 1.00. The SMILES string of the molecule is CCCC1CCC(O)C(CN2CC(C)OCC2CC)C1. The zero-order valence-corrected chi connectivity index (χ0v) is 13.6. The summed E-state index contributed by atoms with van der Waals surface area (Å²) in [5.74, 6) is 1.31. The summed E-state index contributed by atoms with van der Waals surface area (Å²) in [6.07, 6.45) is 7.46. The molecule has 1 saturated heterocycles. The van der Waals surface area contributed by atoms with E-state index in [-0.39, 0.29) is 6.10 Å². The third kappa shape index (κ3) is 4.19. The molecule has 1 N–H and O–H groups in total. The fourth-order valence-corrected chi connectivity index (χ4v) is 4.03. The van der Waals surface area contributed by atoms with Crippen molar-refractivity contribution in [3.63, 3.8) is 0 Å². The van der Waals surface area contributed by atoms with Crippen molar-refractivity contribution in [3.05, 3.63) is 0 Å². The maximum Gasteiger partial charge on any atom is 0.0674 e. The van der Waals surface area contributed by atoms with Crippen molar-refractivity contribution in [3.8, 4) is 0 Å². The number of aliphatic hydroxyl groups excluding tert-OH is 1. The van der Waals surface area contributed by atoms with E-state index in [1.807, 2.05) is 0 Å². The van der Waals surface area contributed by atoms with Crippen LogP contribution in [0, 0.1) is 11.8 Å². The van der Waals surface area contributed by atoms with Crippen LogP contribution in [0.1, 0.15) is 59.3 Å². The predicted molar refractivity (Wildman–Crippen MR) is 82.8 cm³/mol. The van der Waals surface area contributed by atoms with E-state index in [0.717, 1.165) is 38.5 Å². The predicted octanol–water partition coefficient (Wildman–Crippen LogP) is 3.06. The second-order valence-corrected chi connectivity index (χ2v) is 6.96. The van der Waals surface area contributed by atoms with E-state index in [9.17, 15) is 5.11 Å². The molecule has 3 nitrogen and oxygen atoms in total. The molecule has 0 spiro atoms. The fourth-order valence-electron chi connectivity index (χ4n) is 4.03. The van der Waals surface area contributed by atoms with Gasteiger partial charge in [0.1, 0.15) is 0 Å². The van der Waals surface area contributed by atoms with E-state index in [0.29, 0.717) is 18.1 Å². The molecule has 5 atom stereocenters. The van der Waals surface area contributed by atoms with Crippen LogP contribution in [0.15, 0.2) is 0 Å². The highest BCUT2D eigenvalue weighted by atomic mass is 16.5. The maximum atomic E-state index is 10.4. The van der Waals surface area contributed by atoms with Crippen LogP contribution in [0.3, 0.4) is 0 Å². The van der Waals surface area contributed by atoms with E-state index in [2.05, 4.69) is 25.7 Å². The normalized spacial score (nSPS) is 39.9. The molecule has 20 heavy (non-hydrogen) atoms. The monoisotopic (exact) mass is 283 g/mol. The standard InChI is InChI=1S/C17H33NO2/c1-4-6-14-7-8-17(19)15(9-14)11-18-10-13(3)20-12-16(18)5-2/h13-17,19H,4-12H2,1-3H3. The first-order chi connectivity index (χ1) is 9.63. The highest BCUT2D eigenvalue weighted by Crippen LogP contribution is 2.33. The molecule has 2 aliphatic rings. The van der Waals surface area contributed by atoms with Gasteiger partial charge in [-0.05, 0) is 44.4 Å². The van der Waals surface area contributed by atoms with E-state index < -0.39 is 0 Å². The van der Waals surface area contributed by atoms with Gasteiger partial charge < -0.3 is 9.84 Å². The zero-order chi connectivity index (χ0) is 14.5. The molecule has 118 valence electrons. The van der Waals surface area contributed by atoms with Gasteiger partial charge in [0.25, 0.3) is 0 Å². The van der Waals surface area contributed by atoms with Crippen molar-refractivity contribution in [2.24, 2.45) is 11.8 Å². The summed E-state index contributed by atoms with van der Waals surface area (Å²) >= 11 is 0. The first kappa shape index (κ1) is 16.3. The summed E-state index contributed by atoms with van der Waals surface area (Å²) in [4.78, 5) is 2.58. The Balaban J connectivity index is 1.91. The van der Waals surface area contributed by atoms with Crippen molar-refractivity contribution in [2.45, 2.75) is 77.5 Å². The summed E-state index contributed by atoms with van der Waals surface area (Å²) in [6.45, 7) is 9.63. The van der Waals surface area contributed by atoms with Crippen LogP contribution in [-0.2, 0) is 4.74 Å². The average molecular weight is 283 g/mol. The maximum absolute atomic E-state index is 10.4. The summed E-state index contributed by atoms with van der Waals surface area (Å²) in [5.41, 5.74) is 0. The number of aliphatic hydroxyl groups is 1. The lowest BCUT2D eigenvalue weighted by Gasteiger charge is -2.43. The summed E-state index contributed by atoms with van der Waals surface area (Å²) in [7, 11) is 0.